The maximum Gasteiger partial charge on any atom is 0.326 e. The number of nitrogens with one attached hydrogen (secondary N) is 4. The zero-order chi connectivity index (χ0) is 26.1. The van der Waals surface area contributed by atoms with Crippen LogP contribution in [0.2, 0.25) is 0 Å². The van der Waals surface area contributed by atoms with Gasteiger partial charge in [-0.3, -0.25) is 14.4 Å². The van der Waals surface area contributed by atoms with Gasteiger partial charge < -0.3 is 36.9 Å². The molecule has 5 atom stereocenters. The van der Waals surface area contributed by atoms with Crippen LogP contribution >= 0.6 is 12.6 Å². The highest BCUT2D eigenvalue weighted by atomic mass is 32.1. The number of aliphatic hydroxyl groups excluding tert-OH is 1. The predicted molar refractivity (Wildman–Crippen MR) is 134 cm³/mol. The van der Waals surface area contributed by atoms with E-state index in [1.54, 1.807) is 13.1 Å². The molecular weight excluding hydrogens is 474 g/mol. The molecule has 2 aromatic rings. The standard InChI is InChI=1S/C23H33N5O6S/c1-3-12(2)19(28-21(31)18(10-29)27-20(30)15(24)11-35)22(32)26-17(23(33)34)8-13-9-25-16-7-5-4-6-14(13)16/h4-7,9,12,15,17-19,25,29,35H,3,8,10-11,24H2,1-2H3,(H,26,32)(H,27,30)(H,28,31)(H,33,34). The Labute approximate surface area is 208 Å². The first-order valence-electron chi connectivity index (χ1n) is 11.3. The number of carboxylic acid groups (broad SMARTS) is 1. The summed E-state index contributed by atoms with van der Waals surface area (Å²) in [5, 5.41) is 27.5. The lowest BCUT2D eigenvalue weighted by molar-refractivity contribution is -0.142. The molecule has 2 rings (SSSR count). The molecule has 0 spiro atoms. The van der Waals surface area contributed by atoms with Crippen LogP contribution < -0.4 is 21.7 Å². The molecule has 0 saturated heterocycles. The van der Waals surface area contributed by atoms with E-state index >= 15 is 0 Å². The van der Waals surface area contributed by atoms with Gasteiger partial charge in [0.15, 0.2) is 0 Å². The predicted octanol–water partition coefficient (Wildman–Crippen LogP) is -0.455. The van der Waals surface area contributed by atoms with Gasteiger partial charge in [-0.2, -0.15) is 12.6 Å². The van der Waals surface area contributed by atoms with Crippen LogP contribution in [0.5, 0.6) is 0 Å². The first-order valence-corrected chi connectivity index (χ1v) is 11.9. The number of hydrogen-bond acceptors (Lipinski definition) is 7. The van der Waals surface area contributed by atoms with Gasteiger partial charge in [-0.15, -0.1) is 0 Å². The van der Waals surface area contributed by atoms with Crippen molar-refractivity contribution in [3.8, 4) is 0 Å². The molecule has 192 valence electrons. The topological polar surface area (TPSA) is 187 Å². The molecule has 0 saturated carbocycles. The average molecular weight is 508 g/mol. The number of hydrogen-bond donors (Lipinski definition) is 8. The molecular formula is C23H33N5O6S. The molecule has 8 N–H and O–H groups in total. The summed E-state index contributed by atoms with van der Waals surface area (Å²) in [6.07, 6.45) is 2.23. The summed E-state index contributed by atoms with van der Waals surface area (Å²) in [5.74, 6) is -3.71. The number of para-hydroxylation sites is 1. The van der Waals surface area contributed by atoms with Crippen molar-refractivity contribution in [2.75, 3.05) is 12.4 Å². The molecule has 0 radical (unpaired) electrons. The van der Waals surface area contributed by atoms with E-state index in [2.05, 4.69) is 33.6 Å². The average Bonchev–Trinajstić information content (AvgIpc) is 3.26. The first-order chi connectivity index (χ1) is 16.6. The van der Waals surface area contributed by atoms with Gasteiger partial charge in [-0.25, -0.2) is 4.79 Å². The second-order valence-corrected chi connectivity index (χ2v) is 8.73. The van der Waals surface area contributed by atoms with E-state index in [9.17, 15) is 29.4 Å². The summed E-state index contributed by atoms with van der Waals surface area (Å²) in [7, 11) is 0. The Kier molecular flexibility index (Phi) is 10.6. The first kappa shape index (κ1) is 28.1. The Morgan fingerprint density at radius 1 is 1.06 bits per heavy atom. The van der Waals surface area contributed by atoms with Crippen molar-refractivity contribution in [1.29, 1.82) is 0 Å². The fraction of sp³-hybridized carbons (Fsp3) is 0.478. The van der Waals surface area contributed by atoms with Crippen molar-refractivity contribution >= 4 is 47.2 Å². The molecule has 35 heavy (non-hydrogen) atoms. The van der Waals surface area contributed by atoms with E-state index in [1.807, 2.05) is 31.2 Å². The van der Waals surface area contributed by atoms with Gasteiger partial charge in [0.2, 0.25) is 17.7 Å². The number of benzene rings is 1. The van der Waals surface area contributed by atoms with E-state index in [4.69, 9.17) is 5.73 Å². The summed E-state index contributed by atoms with van der Waals surface area (Å²) in [6, 6.07) is 2.75. The summed E-state index contributed by atoms with van der Waals surface area (Å²) in [5.41, 5.74) is 7.16. The van der Waals surface area contributed by atoms with E-state index < -0.39 is 54.5 Å². The summed E-state index contributed by atoms with van der Waals surface area (Å²) < 4.78 is 0. The van der Waals surface area contributed by atoms with Crippen molar-refractivity contribution in [3.05, 3.63) is 36.0 Å². The smallest absolute Gasteiger partial charge is 0.326 e. The number of aromatic nitrogens is 1. The molecule has 3 amide bonds. The van der Waals surface area contributed by atoms with Gasteiger partial charge in [-0.05, 0) is 17.5 Å². The SMILES string of the molecule is CCC(C)C(NC(=O)C(CO)NC(=O)C(N)CS)C(=O)NC(Cc1c[nH]c2ccccc12)C(=O)O. The number of H-pyrrole nitrogens is 1. The third-order valence-electron chi connectivity index (χ3n) is 5.86. The maximum absolute atomic E-state index is 13.1. The monoisotopic (exact) mass is 507 g/mol. The van der Waals surface area contributed by atoms with Crippen LogP contribution in [0.4, 0.5) is 0 Å². The number of aliphatic hydroxyl groups is 1. The molecule has 0 bridgehead atoms. The lowest BCUT2D eigenvalue weighted by atomic mass is 9.97. The minimum atomic E-state index is -1.34. The Hall–Kier alpha value is -3.09. The van der Waals surface area contributed by atoms with Gasteiger partial charge >= 0.3 is 5.97 Å². The number of fused-ring (bicyclic) bond motifs is 1. The highest BCUT2D eigenvalue weighted by Gasteiger charge is 2.32. The molecule has 11 nitrogen and oxygen atoms in total. The Balaban J connectivity index is 2.15. The van der Waals surface area contributed by atoms with Crippen molar-refractivity contribution in [1.82, 2.24) is 20.9 Å². The largest absolute Gasteiger partial charge is 0.480 e. The van der Waals surface area contributed by atoms with Crippen molar-refractivity contribution < 1.29 is 29.4 Å². The Morgan fingerprint density at radius 2 is 1.71 bits per heavy atom. The minimum Gasteiger partial charge on any atom is -0.480 e. The van der Waals surface area contributed by atoms with E-state index in [1.165, 1.54) is 0 Å². The summed E-state index contributed by atoms with van der Waals surface area (Å²) >= 11 is 3.93. The van der Waals surface area contributed by atoms with Crippen LogP contribution in [0.1, 0.15) is 25.8 Å². The van der Waals surface area contributed by atoms with E-state index in [0.29, 0.717) is 6.42 Å². The quantitative estimate of drug-likeness (QED) is 0.169. The maximum atomic E-state index is 13.1. The Morgan fingerprint density at radius 3 is 2.31 bits per heavy atom. The fourth-order valence-electron chi connectivity index (χ4n) is 3.49. The number of thiol groups is 1. The molecule has 0 fully saturated rings. The number of aliphatic carboxylic acids is 1. The molecule has 1 heterocycles. The van der Waals surface area contributed by atoms with Gasteiger partial charge in [0.05, 0.1) is 12.6 Å². The third-order valence-corrected chi connectivity index (χ3v) is 6.25. The molecule has 0 aliphatic carbocycles. The zero-order valence-electron chi connectivity index (χ0n) is 19.7. The van der Waals surface area contributed by atoms with Crippen LogP contribution in [0, 0.1) is 5.92 Å². The highest BCUT2D eigenvalue weighted by molar-refractivity contribution is 7.80. The zero-order valence-corrected chi connectivity index (χ0v) is 20.5. The van der Waals surface area contributed by atoms with Crippen LogP contribution in [-0.2, 0) is 25.6 Å². The van der Waals surface area contributed by atoms with Gasteiger partial charge in [0.25, 0.3) is 0 Å². The summed E-state index contributed by atoms with van der Waals surface area (Å²) in [6.45, 7) is 2.82. The lowest BCUT2D eigenvalue weighted by Gasteiger charge is -2.27. The number of carbonyl (C=O) groups excluding carboxylic acids is 3. The molecule has 1 aromatic carbocycles. The van der Waals surface area contributed by atoms with Crippen LogP contribution in [0.25, 0.3) is 10.9 Å². The normalized spacial score (nSPS) is 15.5. The third kappa shape index (κ3) is 7.44. The van der Waals surface area contributed by atoms with E-state index in [0.717, 1.165) is 16.5 Å². The molecule has 12 heteroatoms. The number of aromatic amines is 1. The molecule has 0 aliphatic rings. The molecule has 0 aliphatic heterocycles. The Bertz CT molecular complexity index is 1040. The van der Waals surface area contributed by atoms with Crippen LogP contribution in [0.15, 0.2) is 30.5 Å². The molecule has 1 aromatic heterocycles. The van der Waals surface area contributed by atoms with Gasteiger partial charge in [0, 0.05) is 29.3 Å². The van der Waals surface area contributed by atoms with Crippen molar-refractivity contribution in [2.45, 2.75) is 50.9 Å². The lowest BCUT2D eigenvalue weighted by Crippen LogP contribution is -2.59. The number of amides is 3. The van der Waals surface area contributed by atoms with E-state index in [-0.39, 0.29) is 18.1 Å². The second-order valence-electron chi connectivity index (χ2n) is 8.37. The number of carboxylic acids is 1. The number of nitrogens with two attached hydrogens (primary N) is 1. The highest BCUT2D eigenvalue weighted by Crippen LogP contribution is 2.19. The number of carbonyl (C=O) groups is 4. The second kappa shape index (κ2) is 13.1. The fourth-order valence-corrected chi connectivity index (χ4v) is 3.66. The van der Waals surface area contributed by atoms with Crippen LogP contribution in [-0.4, -0.2) is 75.4 Å². The number of rotatable bonds is 13. The van der Waals surface area contributed by atoms with Gasteiger partial charge in [-0.1, -0.05) is 38.5 Å². The molecule has 5 unspecified atom stereocenters. The summed E-state index contributed by atoms with van der Waals surface area (Å²) in [4.78, 5) is 52.8. The van der Waals surface area contributed by atoms with Crippen molar-refractivity contribution in [2.24, 2.45) is 11.7 Å². The van der Waals surface area contributed by atoms with Gasteiger partial charge in [0.1, 0.15) is 18.1 Å². The van der Waals surface area contributed by atoms with Crippen LogP contribution in [0.3, 0.4) is 0 Å². The minimum absolute atomic E-state index is 0.0310. The van der Waals surface area contributed by atoms with Crippen molar-refractivity contribution in [3.63, 3.8) is 0 Å².